The highest BCUT2D eigenvalue weighted by molar-refractivity contribution is 9.10. The van der Waals surface area contributed by atoms with Crippen molar-refractivity contribution in [1.29, 1.82) is 0 Å². The fourth-order valence-electron chi connectivity index (χ4n) is 2.27. The van der Waals surface area contributed by atoms with Crippen LogP contribution in [0, 0.1) is 6.92 Å². The van der Waals surface area contributed by atoms with Gasteiger partial charge in [-0.3, -0.25) is 0 Å². The van der Waals surface area contributed by atoms with Crippen LogP contribution in [0.2, 0.25) is 0 Å². The third kappa shape index (κ3) is 2.84. The van der Waals surface area contributed by atoms with E-state index < -0.39 is 5.60 Å². The molecular formula is C13H18BrNO. The summed E-state index contributed by atoms with van der Waals surface area (Å²) in [5, 5.41) is 13.7. The molecule has 0 atom stereocenters. The molecular weight excluding hydrogens is 266 g/mol. The Kier molecular flexibility index (Phi) is 3.67. The van der Waals surface area contributed by atoms with E-state index in [9.17, 15) is 5.11 Å². The monoisotopic (exact) mass is 283 g/mol. The molecule has 1 aromatic carbocycles. The fraction of sp³-hybridized carbons (Fsp3) is 0.538. The quantitative estimate of drug-likeness (QED) is 0.874. The molecule has 0 radical (unpaired) electrons. The number of aliphatic hydroxyl groups is 1. The molecule has 16 heavy (non-hydrogen) atoms. The molecule has 2 rings (SSSR count). The standard InChI is InChI=1S/C13H18BrNO/c1-10-8-11(2-3-12(10)14)9-13(16)4-6-15-7-5-13/h2-3,8,15-16H,4-7,9H2,1H3. The minimum atomic E-state index is -0.508. The second kappa shape index (κ2) is 4.86. The minimum absolute atomic E-state index is 0.508. The number of hydrogen-bond donors (Lipinski definition) is 2. The first-order chi connectivity index (χ1) is 7.59. The second-order valence-electron chi connectivity index (χ2n) is 4.73. The third-order valence-electron chi connectivity index (χ3n) is 3.29. The number of nitrogens with one attached hydrogen (secondary N) is 1. The predicted molar refractivity (Wildman–Crippen MR) is 69.6 cm³/mol. The molecule has 0 amide bonds. The van der Waals surface area contributed by atoms with E-state index in [4.69, 9.17) is 0 Å². The molecule has 0 unspecified atom stereocenters. The molecule has 1 fully saturated rings. The van der Waals surface area contributed by atoms with Crippen molar-refractivity contribution in [1.82, 2.24) is 5.32 Å². The van der Waals surface area contributed by atoms with Crippen molar-refractivity contribution in [2.24, 2.45) is 0 Å². The highest BCUT2D eigenvalue weighted by Crippen LogP contribution is 2.25. The Morgan fingerprint density at radius 1 is 1.38 bits per heavy atom. The molecule has 2 nitrogen and oxygen atoms in total. The summed E-state index contributed by atoms with van der Waals surface area (Å²) in [7, 11) is 0. The van der Waals surface area contributed by atoms with Crippen LogP contribution >= 0.6 is 15.9 Å². The topological polar surface area (TPSA) is 32.3 Å². The van der Waals surface area contributed by atoms with Crippen molar-refractivity contribution in [3.05, 3.63) is 33.8 Å². The van der Waals surface area contributed by atoms with Crippen LogP contribution in [-0.4, -0.2) is 23.8 Å². The summed E-state index contributed by atoms with van der Waals surface area (Å²) in [4.78, 5) is 0. The summed E-state index contributed by atoms with van der Waals surface area (Å²) in [6, 6.07) is 6.32. The lowest BCUT2D eigenvalue weighted by Crippen LogP contribution is -2.43. The molecule has 88 valence electrons. The van der Waals surface area contributed by atoms with E-state index in [1.165, 1.54) is 11.1 Å². The maximum Gasteiger partial charge on any atom is 0.0712 e. The third-order valence-corrected chi connectivity index (χ3v) is 4.18. The summed E-state index contributed by atoms with van der Waals surface area (Å²) in [6.07, 6.45) is 2.47. The zero-order chi connectivity index (χ0) is 11.6. The highest BCUT2D eigenvalue weighted by atomic mass is 79.9. The van der Waals surface area contributed by atoms with E-state index >= 15 is 0 Å². The summed E-state index contributed by atoms with van der Waals surface area (Å²) >= 11 is 3.50. The second-order valence-corrected chi connectivity index (χ2v) is 5.59. The van der Waals surface area contributed by atoms with E-state index in [2.05, 4.69) is 46.4 Å². The smallest absolute Gasteiger partial charge is 0.0712 e. The summed E-state index contributed by atoms with van der Waals surface area (Å²) < 4.78 is 1.13. The van der Waals surface area contributed by atoms with Crippen LogP contribution in [-0.2, 0) is 6.42 Å². The van der Waals surface area contributed by atoms with Gasteiger partial charge in [0, 0.05) is 10.9 Å². The van der Waals surface area contributed by atoms with Crippen molar-refractivity contribution in [3.63, 3.8) is 0 Å². The largest absolute Gasteiger partial charge is 0.389 e. The SMILES string of the molecule is Cc1cc(CC2(O)CCNCC2)ccc1Br. The van der Waals surface area contributed by atoms with Crippen molar-refractivity contribution in [3.8, 4) is 0 Å². The van der Waals surface area contributed by atoms with Gasteiger partial charge in [-0.1, -0.05) is 28.1 Å². The van der Waals surface area contributed by atoms with Crippen LogP contribution in [0.3, 0.4) is 0 Å². The first-order valence-electron chi connectivity index (χ1n) is 5.77. The van der Waals surface area contributed by atoms with Crippen LogP contribution in [0.5, 0.6) is 0 Å². The van der Waals surface area contributed by atoms with Gasteiger partial charge in [-0.05, 0) is 50.0 Å². The van der Waals surface area contributed by atoms with Gasteiger partial charge in [-0.25, -0.2) is 0 Å². The van der Waals surface area contributed by atoms with Gasteiger partial charge in [-0.2, -0.15) is 0 Å². The van der Waals surface area contributed by atoms with Gasteiger partial charge in [-0.15, -0.1) is 0 Å². The van der Waals surface area contributed by atoms with Gasteiger partial charge in [0.05, 0.1) is 5.60 Å². The van der Waals surface area contributed by atoms with Crippen molar-refractivity contribution in [2.75, 3.05) is 13.1 Å². The number of hydrogen-bond acceptors (Lipinski definition) is 2. The van der Waals surface area contributed by atoms with Crippen LogP contribution < -0.4 is 5.32 Å². The maximum absolute atomic E-state index is 10.4. The Morgan fingerprint density at radius 3 is 2.69 bits per heavy atom. The van der Waals surface area contributed by atoms with Gasteiger partial charge in [0.2, 0.25) is 0 Å². The molecule has 1 heterocycles. The molecule has 2 N–H and O–H groups in total. The van der Waals surface area contributed by atoms with Gasteiger partial charge in [0.15, 0.2) is 0 Å². The van der Waals surface area contributed by atoms with Crippen molar-refractivity contribution < 1.29 is 5.11 Å². The molecule has 1 saturated heterocycles. The zero-order valence-corrected chi connectivity index (χ0v) is 11.2. The maximum atomic E-state index is 10.4. The minimum Gasteiger partial charge on any atom is -0.389 e. The molecule has 0 spiro atoms. The number of rotatable bonds is 2. The van der Waals surface area contributed by atoms with Crippen LogP contribution in [0.25, 0.3) is 0 Å². The lowest BCUT2D eigenvalue weighted by Gasteiger charge is -2.32. The molecule has 0 aliphatic carbocycles. The average Bonchev–Trinajstić information content (AvgIpc) is 2.24. The van der Waals surface area contributed by atoms with Gasteiger partial charge in [0.25, 0.3) is 0 Å². The Bertz CT molecular complexity index is 372. The molecule has 0 aromatic heterocycles. The molecule has 3 heteroatoms. The number of piperidine rings is 1. The number of aryl methyl sites for hydroxylation is 1. The Morgan fingerprint density at radius 2 is 2.06 bits per heavy atom. The molecule has 0 saturated carbocycles. The van der Waals surface area contributed by atoms with Crippen LogP contribution in [0.15, 0.2) is 22.7 Å². The van der Waals surface area contributed by atoms with Gasteiger partial charge < -0.3 is 10.4 Å². The van der Waals surface area contributed by atoms with Crippen LogP contribution in [0.1, 0.15) is 24.0 Å². The van der Waals surface area contributed by atoms with Crippen molar-refractivity contribution >= 4 is 15.9 Å². The van der Waals surface area contributed by atoms with Crippen molar-refractivity contribution in [2.45, 2.75) is 31.8 Å². The van der Waals surface area contributed by atoms with Crippen LogP contribution in [0.4, 0.5) is 0 Å². The van der Waals surface area contributed by atoms with E-state index in [0.717, 1.165) is 36.8 Å². The van der Waals surface area contributed by atoms with Gasteiger partial charge >= 0.3 is 0 Å². The fourth-order valence-corrected chi connectivity index (χ4v) is 2.51. The molecule has 1 aliphatic rings. The van der Waals surface area contributed by atoms with Gasteiger partial charge in [0.1, 0.15) is 0 Å². The normalized spacial score (nSPS) is 19.7. The highest BCUT2D eigenvalue weighted by Gasteiger charge is 2.29. The number of halogens is 1. The first kappa shape index (κ1) is 12.1. The van der Waals surface area contributed by atoms with E-state index in [-0.39, 0.29) is 0 Å². The summed E-state index contributed by atoms with van der Waals surface area (Å²) in [6.45, 7) is 3.93. The molecule has 1 aliphatic heterocycles. The van der Waals surface area contributed by atoms with E-state index in [0.29, 0.717) is 0 Å². The number of benzene rings is 1. The molecule has 0 bridgehead atoms. The first-order valence-corrected chi connectivity index (χ1v) is 6.56. The zero-order valence-electron chi connectivity index (χ0n) is 9.59. The Hall–Kier alpha value is -0.380. The Labute approximate surface area is 105 Å². The summed E-state index contributed by atoms with van der Waals surface area (Å²) in [5.74, 6) is 0. The lowest BCUT2D eigenvalue weighted by molar-refractivity contribution is 0.0109. The van der Waals surface area contributed by atoms with E-state index in [1.54, 1.807) is 0 Å². The lowest BCUT2D eigenvalue weighted by atomic mass is 9.86. The van der Waals surface area contributed by atoms with E-state index in [1.807, 2.05) is 0 Å². The predicted octanol–water partition coefficient (Wildman–Crippen LogP) is 2.41. The Balaban J connectivity index is 2.10. The average molecular weight is 284 g/mol. The summed E-state index contributed by atoms with van der Waals surface area (Å²) in [5.41, 5.74) is 1.95. The molecule has 1 aromatic rings.